The Labute approximate surface area is 159 Å². The SMILES string of the molecule is CC1Oc2ccccc2N(CCC(=O)N(Cc2cnn(C)c2)C(C)C)C1=O. The zero-order chi connectivity index (χ0) is 19.6. The number of rotatable bonds is 6. The Hall–Kier alpha value is -2.83. The van der Waals surface area contributed by atoms with E-state index >= 15 is 0 Å². The fourth-order valence-corrected chi connectivity index (χ4v) is 3.25. The summed E-state index contributed by atoms with van der Waals surface area (Å²) in [7, 11) is 1.85. The molecule has 2 aromatic rings. The molecule has 0 bridgehead atoms. The van der Waals surface area contributed by atoms with E-state index < -0.39 is 6.10 Å². The molecule has 2 heterocycles. The van der Waals surface area contributed by atoms with Crippen LogP contribution in [0.4, 0.5) is 5.69 Å². The summed E-state index contributed by atoms with van der Waals surface area (Å²) >= 11 is 0. The van der Waals surface area contributed by atoms with E-state index in [2.05, 4.69) is 5.10 Å². The molecule has 0 aliphatic carbocycles. The Balaban J connectivity index is 1.70. The van der Waals surface area contributed by atoms with Gasteiger partial charge in [0.15, 0.2) is 6.10 Å². The van der Waals surface area contributed by atoms with Crippen LogP contribution in [0, 0.1) is 0 Å². The number of hydrogen-bond acceptors (Lipinski definition) is 4. The fourth-order valence-electron chi connectivity index (χ4n) is 3.25. The predicted octanol–water partition coefficient (Wildman–Crippen LogP) is 2.36. The van der Waals surface area contributed by atoms with Gasteiger partial charge in [-0.25, -0.2) is 0 Å². The molecule has 3 rings (SSSR count). The summed E-state index contributed by atoms with van der Waals surface area (Å²) in [5.74, 6) is 0.566. The van der Waals surface area contributed by atoms with Crippen LogP contribution < -0.4 is 9.64 Å². The van der Waals surface area contributed by atoms with E-state index in [1.807, 2.05) is 56.3 Å². The first-order chi connectivity index (χ1) is 12.9. The first kappa shape index (κ1) is 18.9. The highest BCUT2D eigenvalue weighted by molar-refractivity contribution is 6.00. The molecule has 0 fully saturated rings. The number of para-hydroxylation sites is 2. The molecule has 27 heavy (non-hydrogen) atoms. The molecule has 144 valence electrons. The highest BCUT2D eigenvalue weighted by atomic mass is 16.5. The number of ether oxygens (including phenoxy) is 1. The Morgan fingerprint density at radius 2 is 2.07 bits per heavy atom. The number of carbonyl (C=O) groups is 2. The molecule has 0 radical (unpaired) electrons. The van der Waals surface area contributed by atoms with E-state index in [1.54, 1.807) is 22.7 Å². The lowest BCUT2D eigenvalue weighted by Crippen LogP contribution is -2.46. The smallest absolute Gasteiger partial charge is 0.267 e. The molecule has 2 amide bonds. The summed E-state index contributed by atoms with van der Waals surface area (Å²) < 4.78 is 7.38. The third-order valence-electron chi connectivity index (χ3n) is 4.68. The minimum Gasteiger partial charge on any atom is -0.479 e. The normalized spacial score (nSPS) is 16.3. The first-order valence-electron chi connectivity index (χ1n) is 9.21. The molecular weight excluding hydrogens is 344 g/mol. The molecule has 1 aliphatic heterocycles. The van der Waals surface area contributed by atoms with Gasteiger partial charge in [-0.15, -0.1) is 0 Å². The molecule has 0 saturated carbocycles. The topological polar surface area (TPSA) is 67.7 Å². The largest absolute Gasteiger partial charge is 0.479 e. The average molecular weight is 370 g/mol. The van der Waals surface area contributed by atoms with Gasteiger partial charge in [0.05, 0.1) is 11.9 Å². The molecule has 0 spiro atoms. The molecule has 0 N–H and O–H groups in total. The number of aromatic nitrogens is 2. The Kier molecular flexibility index (Phi) is 5.48. The van der Waals surface area contributed by atoms with Crippen LogP contribution in [-0.4, -0.2) is 45.2 Å². The Morgan fingerprint density at radius 3 is 2.74 bits per heavy atom. The number of benzene rings is 1. The van der Waals surface area contributed by atoms with Gasteiger partial charge in [0, 0.05) is 44.4 Å². The van der Waals surface area contributed by atoms with E-state index in [1.165, 1.54) is 0 Å². The molecule has 1 atom stereocenters. The standard InChI is InChI=1S/C20H26N4O3/c1-14(2)24(13-16-11-21-22(4)12-16)19(25)9-10-23-17-7-5-6-8-18(17)27-15(3)20(23)26/h5-8,11-12,14-15H,9-10,13H2,1-4H3. The van der Waals surface area contributed by atoms with Gasteiger partial charge in [-0.3, -0.25) is 14.3 Å². The number of anilines is 1. The van der Waals surface area contributed by atoms with Crippen LogP contribution in [-0.2, 0) is 23.2 Å². The van der Waals surface area contributed by atoms with Gasteiger partial charge in [0.25, 0.3) is 5.91 Å². The monoisotopic (exact) mass is 370 g/mol. The second-order valence-electron chi connectivity index (χ2n) is 7.11. The van der Waals surface area contributed by atoms with Crippen molar-refractivity contribution in [3.63, 3.8) is 0 Å². The minimum atomic E-state index is -0.549. The van der Waals surface area contributed by atoms with Crippen LogP contribution in [0.2, 0.25) is 0 Å². The molecule has 0 saturated heterocycles. The number of carbonyl (C=O) groups excluding carboxylic acids is 2. The molecular formula is C20H26N4O3. The summed E-state index contributed by atoms with van der Waals surface area (Å²) in [6, 6.07) is 7.49. The van der Waals surface area contributed by atoms with E-state index in [4.69, 9.17) is 4.74 Å². The van der Waals surface area contributed by atoms with Gasteiger partial charge >= 0.3 is 0 Å². The fraction of sp³-hybridized carbons (Fsp3) is 0.450. The van der Waals surface area contributed by atoms with Gasteiger partial charge < -0.3 is 14.5 Å². The summed E-state index contributed by atoms with van der Waals surface area (Å²) in [6.45, 7) is 6.56. The average Bonchev–Trinajstić information content (AvgIpc) is 3.04. The number of aryl methyl sites for hydroxylation is 1. The number of amides is 2. The third kappa shape index (κ3) is 4.13. The molecule has 7 heteroatoms. The van der Waals surface area contributed by atoms with Crippen molar-refractivity contribution in [2.75, 3.05) is 11.4 Å². The molecule has 7 nitrogen and oxygen atoms in total. The first-order valence-corrected chi connectivity index (χ1v) is 9.21. The van der Waals surface area contributed by atoms with E-state index in [-0.39, 0.29) is 24.3 Å². The summed E-state index contributed by atoms with van der Waals surface area (Å²) in [6.07, 6.45) is 3.38. The van der Waals surface area contributed by atoms with Crippen LogP contribution in [0.5, 0.6) is 5.75 Å². The maximum atomic E-state index is 12.9. The minimum absolute atomic E-state index is 0.0123. The van der Waals surface area contributed by atoms with Crippen LogP contribution >= 0.6 is 0 Å². The Bertz CT molecular complexity index is 830. The van der Waals surface area contributed by atoms with Crippen molar-refractivity contribution in [2.24, 2.45) is 7.05 Å². The van der Waals surface area contributed by atoms with Crippen molar-refractivity contribution in [2.45, 2.75) is 45.9 Å². The summed E-state index contributed by atoms with van der Waals surface area (Å²) in [4.78, 5) is 28.9. The van der Waals surface area contributed by atoms with Gasteiger partial charge in [-0.2, -0.15) is 5.10 Å². The molecule has 1 aromatic carbocycles. The number of nitrogens with zero attached hydrogens (tertiary/aromatic N) is 4. The zero-order valence-electron chi connectivity index (χ0n) is 16.3. The number of fused-ring (bicyclic) bond motifs is 1. The molecule has 1 aromatic heterocycles. The van der Waals surface area contributed by atoms with Crippen LogP contribution in [0.15, 0.2) is 36.7 Å². The summed E-state index contributed by atoms with van der Waals surface area (Å²) in [5, 5.41) is 4.16. The van der Waals surface area contributed by atoms with Crippen molar-refractivity contribution in [3.8, 4) is 5.75 Å². The maximum absolute atomic E-state index is 12.9. The summed E-state index contributed by atoms with van der Waals surface area (Å²) in [5.41, 5.74) is 1.71. The lowest BCUT2D eigenvalue weighted by molar-refractivity contribution is -0.133. The van der Waals surface area contributed by atoms with Crippen molar-refractivity contribution >= 4 is 17.5 Å². The molecule has 1 aliphatic rings. The van der Waals surface area contributed by atoms with Crippen molar-refractivity contribution in [3.05, 3.63) is 42.2 Å². The highest BCUT2D eigenvalue weighted by Gasteiger charge is 2.31. The zero-order valence-corrected chi connectivity index (χ0v) is 16.3. The lowest BCUT2D eigenvalue weighted by Gasteiger charge is -2.33. The van der Waals surface area contributed by atoms with E-state index in [0.717, 1.165) is 11.3 Å². The second kappa shape index (κ2) is 7.82. The highest BCUT2D eigenvalue weighted by Crippen LogP contribution is 2.33. The van der Waals surface area contributed by atoms with E-state index in [0.29, 0.717) is 18.8 Å². The Morgan fingerprint density at radius 1 is 1.33 bits per heavy atom. The molecule has 1 unspecified atom stereocenters. The lowest BCUT2D eigenvalue weighted by atomic mass is 10.1. The number of hydrogen-bond donors (Lipinski definition) is 0. The quantitative estimate of drug-likeness (QED) is 0.783. The van der Waals surface area contributed by atoms with Crippen LogP contribution in [0.3, 0.4) is 0 Å². The predicted molar refractivity (Wildman–Crippen MR) is 102 cm³/mol. The van der Waals surface area contributed by atoms with Gasteiger partial charge in [-0.05, 0) is 32.9 Å². The van der Waals surface area contributed by atoms with Gasteiger partial charge in [-0.1, -0.05) is 12.1 Å². The van der Waals surface area contributed by atoms with Crippen molar-refractivity contribution in [1.29, 1.82) is 0 Å². The van der Waals surface area contributed by atoms with Crippen molar-refractivity contribution in [1.82, 2.24) is 14.7 Å². The van der Waals surface area contributed by atoms with Crippen LogP contribution in [0.1, 0.15) is 32.8 Å². The van der Waals surface area contributed by atoms with Gasteiger partial charge in [0.1, 0.15) is 5.75 Å². The van der Waals surface area contributed by atoms with Gasteiger partial charge in [0.2, 0.25) is 5.91 Å². The van der Waals surface area contributed by atoms with E-state index in [9.17, 15) is 9.59 Å². The third-order valence-corrected chi connectivity index (χ3v) is 4.68. The van der Waals surface area contributed by atoms with Crippen LogP contribution in [0.25, 0.3) is 0 Å². The van der Waals surface area contributed by atoms with Crippen molar-refractivity contribution < 1.29 is 14.3 Å². The second-order valence-corrected chi connectivity index (χ2v) is 7.11. The maximum Gasteiger partial charge on any atom is 0.267 e.